The first-order valence-electron chi connectivity index (χ1n) is 3.93. The second-order valence-corrected chi connectivity index (χ2v) is 2.54. The van der Waals surface area contributed by atoms with Crippen molar-refractivity contribution in [3.05, 3.63) is 47.4 Å². The molecule has 0 saturated carbocycles. The average molecular weight is 159 g/mol. The molecule has 1 heteroatoms. The van der Waals surface area contributed by atoms with Gasteiger partial charge in [0.1, 0.15) is 0 Å². The summed E-state index contributed by atoms with van der Waals surface area (Å²) in [4.78, 5) is 0. The van der Waals surface area contributed by atoms with Crippen LogP contribution in [0.1, 0.15) is 6.92 Å². The maximum Gasteiger partial charge on any atom is 0.0387 e. The van der Waals surface area contributed by atoms with Gasteiger partial charge in [-0.2, -0.15) is 0 Å². The number of benzene rings is 1. The van der Waals surface area contributed by atoms with Gasteiger partial charge in [-0.1, -0.05) is 36.9 Å². The summed E-state index contributed by atoms with van der Waals surface area (Å²) in [5.74, 6) is 0. The van der Waals surface area contributed by atoms with Gasteiger partial charge in [-0.05, 0) is 18.2 Å². The van der Waals surface area contributed by atoms with Crippen LogP contribution in [0, 0.1) is 0 Å². The highest BCUT2D eigenvalue weighted by molar-refractivity contribution is 5.52. The van der Waals surface area contributed by atoms with Crippen LogP contribution in [0.4, 0.5) is 0 Å². The summed E-state index contributed by atoms with van der Waals surface area (Å²) in [7, 11) is 0. The fraction of sp³-hybridized carbons (Fsp3) is 0.0909. The third-order valence-corrected chi connectivity index (χ3v) is 1.80. The van der Waals surface area contributed by atoms with Gasteiger partial charge in [-0.25, -0.2) is 0 Å². The molecule has 0 bridgehead atoms. The fourth-order valence-electron chi connectivity index (χ4n) is 1.12. The van der Waals surface area contributed by atoms with Crippen molar-refractivity contribution in [2.45, 2.75) is 6.92 Å². The first-order chi connectivity index (χ1) is 5.79. The Morgan fingerprint density at radius 1 is 1.42 bits per heavy atom. The predicted octanol–water partition coefficient (Wildman–Crippen LogP) is 0.740. The molecule has 0 amide bonds. The largest absolute Gasteiger partial charge is 0.398 e. The van der Waals surface area contributed by atoms with Gasteiger partial charge >= 0.3 is 0 Å². The van der Waals surface area contributed by atoms with Crippen LogP contribution in [0.5, 0.6) is 0 Å². The third-order valence-electron chi connectivity index (χ3n) is 1.80. The Bertz CT molecular complexity index is 388. The topological polar surface area (TPSA) is 26.0 Å². The zero-order valence-electron chi connectivity index (χ0n) is 7.25. The molecule has 62 valence electrons. The van der Waals surface area contributed by atoms with Crippen LogP contribution in [0.2, 0.25) is 0 Å². The highest BCUT2D eigenvalue weighted by Gasteiger charge is 1.86. The van der Waals surface area contributed by atoms with E-state index >= 15 is 0 Å². The Balaban J connectivity index is 3.65. The lowest BCUT2D eigenvalue weighted by Gasteiger charge is -1.93. The molecule has 0 radical (unpaired) electrons. The number of nitrogens with two attached hydrogens (primary N) is 1. The molecule has 0 saturated heterocycles. The molecule has 0 unspecified atom stereocenters. The van der Waals surface area contributed by atoms with E-state index in [0.717, 1.165) is 16.1 Å². The van der Waals surface area contributed by atoms with Crippen molar-refractivity contribution in [1.82, 2.24) is 0 Å². The molecule has 2 N–H and O–H groups in total. The quantitative estimate of drug-likeness (QED) is 0.642. The summed E-state index contributed by atoms with van der Waals surface area (Å²) in [6, 6.07) is 7.99. The van der Waals surface area contributed by atoms with Gasteiger partial charge in [-0.3, -0.25) is 0 Å². The Morgan fingerprint density at radius 2 is 2.08 bits per heavy atom. The molecule has 12 heavy (non-hydrogen) atoms. The number of rotatable bonds is 1. The molecule has 0 aliphatic heterocycles. The van der Waals surface area contributed by atoms with Gasteiger partial charge in [0.25, 0.3) is 0 Å². The Hall–Kier alpha value is -1.50. The maximum absolute atomic E-state index is 5.75. The van der Waals surface area contributed by atoms with Crippen molar-refractivity contribution in [2.24, 2.45) is 5.73 Å². The highest BCUT2D eigenvalue weighted by atomic mass is 14.6. The number of hydrogen-bond donors (Lipinski definition) is 1. The van der Waals surface area contributed by atoms with Crippen molar-refractivity contribution in [2.75, 3.05) is 0 Å². The van der Waals surface area contributed by atoms with Gasteiger partial charge in [0.2, 0.25) is 0 Å². The summed E-state index contributed by atoms with van der Waals surface area (Å²) >= 11 is 0. The minimum atomic E-state index is 0.726. The van der Waals surface area contributed by atoms with E-state index in [1.165, 1.54) is 0 Å². The van der Waals surface area contributed by atoms with Crippen LogP contribution < -0.4 is 16.2 Å². The smallest absolute Gasteiger partial charge is 0.0387 e. The SMILES string of the molecule is C=C/C(N)=c1/cccc/c1=C/C. The van der Waals surface area contributed by atoms with Gasteiger partial charge in [0.05, 0.1) is 0 Å². The molecule has 1 nitrogen and oxygen atoms in total. The monoisotopic (exact) mass is 159 g/mol. The molecule has 0 heterocycles. The lowest BCUT2D eigenvalue weighted by atomic mass is 10.2. The minimum absolute atomic E-state index is 0.726. The molecule has 0 atom stereocenters. The fourth-order valence-corrected chi connectivity index (χ4v) is 1.12. The van der Waals surface area contributed by atoms with Crippen LogP contribution in [0.15, 0.2) is 36.9 Å². The normalized spacial score (nSPS) is 14.2. The number of hydrogen-bond acceptors (Lipinski definition) is 1. The summed E-state index contributed by atoms with van der Waals surface area (Å²) in [6.45, 7) is 5.63. The van der Waals surface area contributed by atoms with Crippen molar-refractivity contribution in [1.29, 1.82) is 0 Å². The molecule has 0 fully saturated rings. The van der Waals surface area contributed by atoms with E-state index in [4.69, 9.17) is 5.73 Å². The molecule has 0 spiro atoms. The van der Waals surface area contributed by atoms with E-state index in [1.54, 1.807) is 6.08 Å². The highest BCUT2D eigenvalue weighted by Crippen LogP contribution is 1.79. The lowest BCUT2D eigenvalue weighted by molar-refractivity contribution is 1.44. The average Bonchev–Trinajstić information content (AvgIpc) is 2.16. The second-order valence-electron chi connectivity index (χ2n) is 2.54. The van der Waals surface area contributed by atoms with E-state index < -0.39 is 0 Å². The first kappa shape index (κ1) is 8.60. The maximum atomic E-state index is 5.75. The predicted molar refractivity (Wildman–Crippen MR) is 53.6 cm³/mol. The van der Waals surface area contributed by atoms with Gasteiger partial charge in [0, 0.05) is 10.9 Å². The second kappa shape index (κ2) is 3.77. The van der Waals surface area contributed by atoms with E-state index in [0.29, 0.717) is 0 Å². The van der Waals surface area contributed by atoms with Crippen molar-refractivity contribution >= 4 is 11.8 Å². The van der Waals surface area contributed by atoms with Crippen LogP contribution >= 0.6 is 0 Å². The zero-order valence-corrected chi connectivity index (χ0v) is 7.25. The zero-order chi connectivity index (χ0) is 8.97. The molecule has 0 aromatic heterocycles. The minimum Gasteiger partial charge on any atom is -0.398 e. The van der Waals surface area contributed by atoms with E-state index in [-0.39, 0.29) is 0 Å². The van der Waals surface area contributed by atoms with Crippen LogP contribution in [0.3, 0.4) is 0 Å². The Morgan fingerprint density at radius 3 is 2.67 bits per heavy atom. The molecular weight excluding hydrogens is 146 g/mol. The van der Waals surface area contributed by atoms with E-state index in [9.17, 15) is 0 Å². The standard InChI is InChI=1S/C11H13N/c1-3-9-7-5-6-8-10(9)11(12)4-2/h3-8H,2,12H2,1H3/b9-3-,11-10+. The third kappa shape index (κ3) is 1.56. The van der Waals surface area contributed by atoms with Gasteiger partial charge < -0.3 is 5.73 Å². The van der Waals surface area contributed by atoms with Gasteiger partial charge in [-0.15, -0.1) is 0 Å². The van der Waals surface area contributed by atoms with Crippen molar-refractivity contribution in [3.63, 3.8) is 0 Å². The summed E-state index contributed by atoms with van der Waals surface area (Å²) < 4.78 is 0. The van der Waals surface area contributed by atoms with Crippen LogP contribution in [-0.4, -0.2) is 0 Å². The van der Waals surface area contributed by atoms with Crippen LogP contribution in [-0.2, 0) is 0 Å². The van der Waals surface area contributed by atoms with Crippen molar-refractivity contribution < 1.29 is 0 Å². The molecule has 1 rings (SSSR count). The molecule has 0 aliphatic rings. The van der Waals surface area contributed by atoms with Crippen molar-refractivity contribution in [3.8, 4) is 0 Å². The van der Waals surface area contributed by atoms with Crippen LogP contribution in [0.25, 0.3) is 11.8 Å². The first-order valence-corrected chi connectivity index (χ1v) is 3.93. The Labute approximate surface area is 72.5 Å². The molecular formula is C11H13N. The Kier molecular flexibility index (Phi) is 2.70. The van der Waals surface area contributed by atoms with Gasteiger partial charge in [0.15, 0.2) is 0 Å². The van der Waals surface area contributed by atoms with E-state index in [1.807, 2.05) is 37.3 Å². The lowest BCUT2D eigenvalue weighted by Crippen LogP contribution is -2.28. The molecule has 1 aromatic carbocycles. The van der Waals surface area contributed by atoms with E-state index in [2.05, 4.69) is 6.58 Å². The molecule has 1 aromatic rings. The summed E-state index contributed by atoms with van der Waals surface area (Å²) in [5, 5.41) is 2.20. The summed E-state index contributed by atoms with van der Waals surface area (Å²) in [6.07, 6.45) is 3.70. The summed E-state index contributed by atoms with van der Waals surface area (Å²) in [5.41, 5.74) is 6.47. The molecule has 0 aliphatic carbocycles.